The van der Waals surface area contributed by atoms with Gasteiger partial charge in [-0.3, -0.25) is 4.79 Å². The van der Waals surface area contributed by atoms with Gasteiger partial charge >= 0.3 is 11.9 Å². The summed E-state index contributed by atoms with van der Waals surface area (Å²) >= 11 is 6.13. The number of hydrogen-bond acceptors (Lipinski definition) is 6. The minimum Gasteiger partial charge on any atom is -0.465 e. The van der Waals surface area contributed by atoms with Crippen molar-refractivity contribution in [1.29, 1.82) is 0 Å². The number of pyridine rings is 1. The molecule has 8 heteroatoms. The molecule has 0 spiro atoms. The topological polar surface area (TPSA) is 87.7 Å². The molecular weight excluding hydrogens is 386 g/mol. The van der Waals surface area contributed by atoms with Crippen LogP contribution >= 0.6 is 11.6 Å². The number of carbonyl (C=O) groups excluding carboxylic acids is 2. The number of carbonyl (C=O) groups is 2. The van der Waals surface area contributed by atoms with Crippen molar-refractivity contribution in [1.82, 2.24) is 4.57 Å². The van der Waals surface area contributed by atoms with Gasteiger partial charge < -0.3 is 18.5 Å². The van der Waals surface area contributed by atoms with Crippen molar-refractivity contribution in [3.05, 3.63) is 92.8 Å². The monoisotopic (exact) mass is 401 g/mol. The molecule has 0 saturated heterocycles. The van der Waals surface area contributed by atoms with Crippen molar-refractivity contribution in [2.45, 2.75) is 13.2 Å². The Kier molecular flexibility index (Phi) is 5.96. The van der Waals surface area contributed by atoms with Crippen LogP contribution in [0.2, 0.25) is 5.02 Å². The van der Waals surface area contributed by atoms with E-state index in [4.69, 9.17) is 20.8 Å². The summed E-state index contributed by atoms with van der Waals surface area (Å²) < 4.78 is 16.4. The Balaban J connectivity index is 1.74. The van der Waals surface area contributed by atoms with Gasteiger partial charge in [-0.2, -0.15) is 0 Å². The molecule has 0 fully saturated rings. The van der Waals surface area contributed by atoms with Crippen molar-refractivity contribution < 1.29 is 23.5 Å². The average Bonchev–Trinajstić information content (AvgIpc) is 3.17. The standard InChI is InChI=1S/C20H16ClNO6/c1-26-20(25)15-8-9-27-17(15)12-28-19(24)14-6-7-18(23)22(11-14)10-13-4-2-3-5-16(13)21/h2-9,11H,10,12H2,1H3. The highest BCUT2D eigenvalue weighted by molar-refractivity contribution is 6.31. The van der Waals surface area contributed by atoms with E-state index in [1.165, 1.54) is 42.3 Å². The van der Waals surface area contributed by atoms with Crippen molar-refractivity contribution in [3.8, 4) is 0 Å². The third-order valence-electron chi connectivity index (χ3n) is 4.00. The summed E-state index contributed by atoms with van der Waals surface area (Å²) in [5.41, 5.74) is 0.822. The summed E-state index contributed by atoms with van der Waals surface area (Å²) in [5, 5.41) is 0.524. The zero-order valence-corrected chi connectivity index (χ0v) is 15.6. The summed E-state index contributed by atoms with van der Waals surface area (Å²) in [6.07, 6.45) is 2.70. The Bertz CT molecular complexity index is 1070. The molecule has 0 N–H and O–H groups in total. The van der Waals surface area contributed by atoms with E-state index in [0.29, 0.717) is 5.02 Å². The maximum absolute atomic E-state index is 12.4. The first-order chi connectivity index (χ1) is 13.5. The third kappa shape index (κ3) is 4.32. The zero-order valence-electron chi connectivity index (χ0n) is 14.9. The molecule has 0 unspecified atom stereocenters. The third-order valence-corrected chi connectivity index (χ3v) is 4.37. The van der Waals surface area contributed by atoms with Gasteiger partial charge in [0.15, 0.2) is 12.4 Å². The summed E-state index contributed by atoms with van der Waals surface area (Å²) in [6, 6.07) is 11.2. The van der Waals surface area contributed by atoms with Crippen LogP contribution < -0.4 is 5.56 Å². The molecule has 0 bridgehead atoms. The number of hydrogen-bond donors (Lipinski definition) is 0. The van der Waals surface area contributed by atoms with E-state index in [1.807, 2.05) is 6.07 Å². The molecule has 0 atom stereocenters. The van der Waals surface area contributed by atoms with E-state index >= 15 is 0 Å². The van der Waals surface area contributed by atoms with E-state index in [9.17, 15) is 14.4 Å². The summed E-state index contributed by atoms with van der Waals surface area (Å²) in [5.74, 6) is -1.09. The van der Waals surface area contributed by atoms with Crippen LogP contribution in [0.3, 0.4) is 0 Å². The van der Waals surface area contributed by atoms with Crippen LogP contribution in [0.4, 0.5) is 0 Å². The van der Waals surface area contributed by atoms with Crippen molar-refractivity contribution in [3.63, 3.8) is 0 Å². The average molecular weight is 402 g/mol. The minimum absolute atomic E-state index is 0.171. The Hall–Kier alpha value is -3.32. The molecule has 0 aliphatic rings. The molecule has 3 aromatic rings. The first-order valence-electron chi connectivity index (χ1n) is 8.25. The molecule has 0 radical (unpaired) electrons. The molecule has 0 amide bonds. The number of aromatic nitrogens is 1. The number of ether oxygens (including phenoxy) is 2. The van der Waals surface area contributed by atoms with Crippen molar-refractivity contribution >= 4 is 23.5 Å². The van der Waals surface area contributed by atoms with Gasteiger partial charge in [0.2, 0.25) is 0 Å². The van der Waals surface area contributed by atoms with Crippen LogP contribution in [0.15, 0.2) is 64.1 Å². The van der Waals surface area contributed by atoms with Crippen molar-refractivity contribution in [2.75, 3.05) is 7.11 Å². The fourth-order valence-electron chi connectivity index (χ4n) is 2.54. The second-order valence-corrected chi connectivity index (χ2v) is 6.21. The van der Waals surface area contributed by atoms with Crippen LogP contribution in [0.25, 0.3) is 0 Å². The van der Waals surface area contributed by atoms with Gasteiger partial charge in [-0.15, -0.1) is 0 Å². The van der Waals surface area contributed by atoms with E-state index in [0.717, 1.165) is 5.56 Å². The quantitative estimate of drug-likeness (QED) is 0.589. The Morgan fingerprint density at radius 1 is 1.11 bits per heavy atom. The smallest absolute Gasteiger partial charge is 0.341 e. The molecule has 144 valence electrons. The second kappa shape index (κ2) is 8.58. The van der Waals surface area contributed by atoms with Gasteiger partial charge in [-0.25, -0.2) is 9.59 Å². The molecule has 7 nitrogen and oxygen atoms in total. The lowest BCUT2D eigenvalue weighted by atomic mass is 10.2. The lowest BCUT2D eigenvalue weighted by Crippen LogP contribution is -2.21. The number of nitrogens with zero attached hydrogens (tertiary/aromatic N) is 1. The number of halogens is 1. The summed E-state index contributed by atoms with van der Waals surface area (Å²) in [6.45, 7) is -0.0375. The highest BCUT2D eigenvalue weighted by atomic mass is 35.5. The van der Waals surface area contributed by atoms with E-state index < -0.39 is 11.9 Å². The van der Waals surface area contributed by atoms with E-state index in [2.05, 4.69) is 4.74 Å². The molecule has 0 aliphatic carbocycles. The normalized spacial score (nSPS) is 10.5. The highest BCUT2D eigenvalue weighted by Gasteiger charge is 2.17. The maximum Gasteiger partial charge on any atom is 0.341 e. The first kappa shape index (κ1) is 19.4. The zero-order chi connectivity index (χ0) is 20.1. The van der Waals surface area contributed by atoms with Crippen LogP contribution in [-0.2, 0) is 22.6 Å². The first-order valence-corrected chi connectivity index (χ1v) is 8.63. The summed E-state index contributed by atoms with van der Waals surface area (Å²) in [4.78, 5) is 36.1. The Morgan fingerprint density at radius 2 is 1.89 bits per heavy atom. The molecule has 2 heterocycles. The predicted molar refractivity (Wildman–Crippen MR) is 100 cm³/mol. The molecule has 0 saturated carbocycles. The summed E-state index contributed by atoms with van der Waals surface area (Å²) in [7, 11) is 1.24. The largest absolute Gasteiger partial charge is 0.465 e. The molecule has 28 heavy (non-hydrogen) atoms. The van der Waals surface area contributed by atoms with Crippen molar-refractivity contribution in [2.24, 2.45) is 0 Å². The van der Waals surface area contributed by atoms with Crippen LogP contribution in [0.1, 0.15) is 32.0 Å². The van der Waals surface area contributed by atoms with Crippen LogP contribution in [0, 0.1) is 0 Å². The molecule has 2 aromatic heterocycles. The van der Waals surface area contributed by atoms with E-state index in [-0.39, 0.29) is 35.6 Å². The maximum atomic E-state index is 12.4. The molecule has 1 aromatic carbocycles. The molecule has 0 aliphatic heterocycles. The fraction of sp³-hybridized carbons (Fsp3) is 0.150. The highest BCUT2D eigenvalue weighted by Crippen LogP contribution is 2.16. The second-order valence-electron chi connectivity index (χ2n) is 5.80. The van der Waals surface area contributed by atoms with Gasteiger partial charge in [0, 0.05) is 17.3 Å². The SMILES string of the molecule is COC(=O)c1ccoc1COC(=O)c1ccc(=O)n(Cc2ccccc2Cl)c1. The fourth-order valence-corrected chi connectivity index (χ4v) is 2.74. The van der Waals surface area contributed by atoms with Gasteiger partial charge in [-0.1, -0.05) is 29.8 Å². The number of benzene rings is 1. The molecule has 3 rings (SSSR count). The molecular formula is C20H16ClNO6. The lowest BCUT2D eigenvalue weighted by Gasteiger charge is -2.10. The number of esters is 2. The number of furan rings is 1. The Morgan fingerprint density at radius 3 is 2.64 bits per heavy atom. The number of methoxy groups -OCH3 is 1. The van der Waals surface area contributed by atoms with Gasteiger partial charge in [-0.05, 0) is 23.8 Å². The van der Waals surface area contributed by atoms with E-state index in [1.54, 1.807) is 18.2 Å². The van der Waals surface area contributed by atoms with Crippen LogP contribution in [-0.4, -0.2) is 23.6 Å². The van der Waals surface area contributed by atoms with Crippen LogP contribution in [0.5, 0.6) is 0 Å². The van der Waals surface area contributed by atoms with Gasteiger partial charge in [0.1, 0.15) is 5.56 Å². The Labute approximate surface area is 165 Å². The van der Waals surface area contributed by atoms with Gasteiger partial charge in [0.05, 0.1) is 25.5 Å². The minimum atomic E-state index is -0.667. The number of rotatable bonds is 6. The lowest BCUT2D eigenvalue weighted by molar-refractivity contribution is 0.0431. The van der Waals surface area contributed by atoms with Gasteiger partial charge in [0.25, 0.3) is 5.56 Å². The predicted octanol–water partition coefficient (Wildman–Crippen LogP) is 3.29.